The molecule has 0 saturated carbocycles. The first-order chi connectivity index (χ1) is 15.1. The van der Waals surface area contributed by atoms with Gasteiger partial charge in [-0.15, -0.1) is 0 Å². The Labute approximate surface area is 189 Å². The first-order valence-electron chi connectivity index (χ1n) is 9.98. The van der Waals surface area contributed by atoms with Gasteiger partial charge in [0.25, 0.3) is 0 Å². The summed E-state index contributed by atoms with van der Waals surface area (Å²) < 4.78 is 62.3. The summed E-state index contributed by atoms with van der Waals surface area (Å²) in [4.78, 5) is 4.41. The van der Waals surface area contributed by atoms with Crippen molar-refractivity contribution in [2.24, 2.45) is 0 Å². The van der Waals surface area contributed by atoms with E-state index in [-0.39, 0.29) is 29.0 Å². The standard InChI is InChI=1S/C22H26N2O6S2/c1-5-16(2)24(15-17-11-12-19(29-3)20(14-17)30-31(4,25)26)32(27,28)21-10-6-8-18-9-7-13-23-22(18)21/h6-14,16H,5,15H2,1-4H3. The summed E-state index contributed by atoms with van der Waals surface area (Å²) in [7, 11) is -6.32. The third-order valence-corrected chi connectivity index (χ3v) is 7.55. The maximum absolute atomic E-state index is 13.7. The Kier molecular flexibility index (Phi) is 7.06. The van der Waals surface area contributed by atoms with Crippen molar-refractivity contribution in [2.45, 2.75) is 37.8 Å². The lowest BCUT2D eigenvalue weighted by Gasteiger charge is -2.28. The molecule has 10 heteroatoms. The largest absolute Gasteiger partial charge is 0.493 e. The second kappa shape index (κ2) is 9.43. The van der Waals surface area contributed by atoms with Gasteiger partial charge in [-0.2, -0.15) is 12.7 Å². The second-order valence-electron chi connectivity index (χ2n) is 7.41. The van der Waals surface area contributed by atoms with Crippen LogP contribution in [0.25, 0.3) is 10.9 Å². The average Bonchev–Trinajstić information content (AvgIpc) is 2.75. The van der Waals surface area contributed by atoms with Crippen LogP contribution >= 0.6 is 0 Å². The second-order valence-corrected chi connectivity index (χ2v) is 10.8. The Morgan fingerprint density at radius 2 is 1.75 bits per heavy atom. The number of fused-ring (bicyclic) bond motifs is 1. The minimum atomic E-state index is -3.92. The van der Waals surface area contributed by atoms with Crippen molar-refractivity contribution >= 4 is 31.0 Å². The van der Waals surface area contributed by atoms with Gasteiger partial charge in [-0.25, -0.2) is 8.42 Å². The van der Waals surface area contributed by atoms with Gasteiger partial charge in [-0.3, -0.25) is 4.98 Å². The van der Waals surface area contributed by atoms with Crippen molar-refractivity contribution in [1.82, 2.24) is 9.29 Å². The number of hydrogen-bond donors (Lipinski definition) is 0. The lowest BCUT2D eigenvalue weighted by Crippen LogP contribution is -2.38. The summed E-state index contributed by atoms with van der Waals surface area (Å²) in [6.07, 6.45) is 3.08. The van der Waals surface area contributed by atoms with Gasteiger partial charge in [-0.1, -0.05) is 31.2 Å². The molecule has 0 fully saturated rings. The van der Waals surface area contributed by atoms with E-state index in [1.54, 1.807) is 36.5 Å². The van der Waals surface area contributed by atoms with E-state index < -0.39 is 20.1 Å². The van der Waals surface area contributed by atoms with Crippen LogP contribution in [-0.2, 0) is 26.7 Å². The highest BCUT2D eigenvalue weighted by Gasteiger charge is 2.30. The molecule has 3 aromatic rings. The normalized spacial score (nSPS) is 13.3. The molecular weight excluding hydrogens is 452 g/mol. The number of nitrogens with zero attached hydrogens (tertiary/aromatic N) is 2. The lowest BCUT2D eigenvalue weighted by atomic mass is 10.2. The number of pyridine rings is 1. The molecule has 172 valence electrons. The van der Waals surface area contributed by atoms with E-state index >= 15 is 0 Å². The van der Waals surface area contributed by atoms with Crippen LogP contribution in [-0.4, -0.2) is 45.5 Å². The van der Waals surface area contributed by atoms with E-state index in [1.165, 1.54) is 17.5 Å². The minimum absolute atomic E-state index is 0.000766. The molecule has 32 heavy (non-hydrogen) atoms. The predicted octanol–water partition coefficient (Wildman–Crippen LogP) is 3.57. The molecular formula is C22H26N2O6S2. The van der Waals surface area contributed by atoms with Crippen LogP contribution in [0.2, 0.25) is 0 Å². The number of methoxy groups -OCH3 is 1. The van der Waals surface area contributed by atoms with Crippen LogP contribution in [0.4, 0.5) is 0 Å². The molecule has 2 aromatic carbocycles. The Morgan fingerprint density at radius 3 is 2.41 bits per heavy atom. The first-order valence-corrected chi connectivity index (χ1v) is 13.2. The molecule has 1 atom stereocenters. The van der Waals surface area contributed by atoms with Crippen LogP contribution in [0.5, 0.6) is 11.5 Å². The number of para-hydroxylation sites is 1. The van der Waals surface area contributed by atoms with Crippen LogP contribution in [0, 0.1) is 0 Å². The van der Waals surface area contributed by atoms with Gasteiger partial charge < -0.3 is 8.92 Å². The molecule has 1 unspecified atom stereocenters. The zero-order valence-corrected chi connectivity index (χ0v) is 20.0. The van der Waals surface area contributed by atoms with Crippen molar-refractivity contribution < 1.29 is 25.8 Å². The van der Waals surface area contributed by atoms with E-state index in [0.29, 0.717) is 17.5 Å². The molecule has 0 spiro atoms. The van der Waals surface area contributed by atoms with E-state index in [4.69, 9.17) is 8.92 Å². The Balaban J connectivity index is 2.07. The maximum Gasteiger partial charge on any atom is 0.306 e. The van der Waals surface area contributed by atoms with Crippen molar-refractivity contribution in [3.63, 3.8) is 0 Å². The van der Waals surface area contributed by atoms with Gasteiger partial charge in [-0.05, 0) is 43.2 Å². The monoisotopic (exact) mass is 478 g/mol. The molecule has 0 radical (unpaired) electrons. The van der Waals surface area contributed by atoms with E-state index in [2.05, 4.69) is 4.98 Å². The van der Waals surface area contributed by atoms with Gasteiger partial charge in [0.2, 0.25) is 10.0 Å². The third kappa shape index (κ3) is 5.20. The zero-order valence-electron chi connectivity index (χ0n) is 18.3. The van der Waals surface area contributed by atoms with E-state index in [0.717, 1.165) is 11.6 Å². The molecule has 0 bridgehead atoms. The molecule has 0 aliphatic heterocycles. The van der Waals surface area contributed by atoms with Crippen molar-refractivity contribution in [2.75, 3.05) is 13.4 Å². The van der Waals surface area contributed by atoms with Crippen molar-refractivity contribution in [3.8, 4) is 11.5 Å². The zero-order chi connectivity index (χ0) is 23.5. The highest BCUT2D eigenvalue weighted by molar-refractivity contribution is 7.89. The summed E-state index contributed by atoms with van der Waals surface area (Å²) >= 11 is 0. The topological polar surface area (TPSA) is 103 Å². The molecule has 0 amide bonds. The summed E-state index contributed by atoms with van der Waals surface area (Å²) in [6, 6.07) is 13.0. The maximum atomic E-state index is 13.7. The number of ether oxygens (including phenoxy) is 1. The number of hydrogen-bond acceptors (Lipinski definition) is 7. The molecule has 0 aliphatic carbocycles. The van der Waals surface area contributed by atoms with Gasteiger partial charge in [0.15, 0.2) is 11.5 Å². The fourth-order valence-electron chi connectivity index (χ4n) is 3.32. The first kappa shape index (κ1) is 24.0. The van der Waals surface area contributed by atoms with Gasteiger partial charge in [0.05, 0.1) is 18.9 Å². The highest BCUT2D eigenvalue weighted by atomic mass is 32.2. The summed E-state index contributed by atoms with van der Waals surface area (Å²) in [5, 5.41) is 0.728. The Hall–Kier alpha value is -2.69. The molecule has 0 aliphatic rings. The molecule has 0 N–H and O–H groups in total. The highest BCUT2D eigenvalue weighted by Crippen LogP contribution is 2.32. The lowest BCUT2D eigenvalue weighted by molar-refractivity contribution is 0.322. The number of sulfonamides is 1. The summed E-state index contributed by atoms with van der Waals surface area (Å²) in [6.45, 7) is 3.75. The SMILES string of the molecule is CCC(C)N(Cc1ccc(OC)c(OS(C)(=O)=O)c1)S(=O)(=O)c1cccc2cccnc12. The third-order valence-electron chi connectivity index (χ3n) is 5.07. The van der Waals surface area contributed by atoms with Gasteiger partial charge in [0, 0.05) is 24.2 Å². The molecule has 8 nitrogen and oxygen atoms in total. The Morgan fingerprint density at radius 1 is 1.03 bits per heavy atom. The van der Waals surface area contributed by atoms with Gasteiger partial charge in [0.1, 0.15) is 4.90 Å². The average molecular weight is 479 g/mol. The fraction of sp³-hybridized carbons (Fsp3) is 0.318. The van der Waals surface area contributed by atoms with Crippen molar-refractivity contribution in [3.05, 3.63) is 60.3 Å². The van der Waals surface area contributed by atoms with Gasteiger partial charge >= 0.3 is 10.1 Å². The molecule has 1 aromatic heterocycles. The number of rotatable bonds is 9. The Bertz CT molecular complexity index is 1320. The van der Waals surface area contributed by atoms with Crippen LogP contribution < -0.4 is 8.92 Å². The molecule has 1 heterocycles. The number of benzene rings is 2. The fourth-order valence-corrected chi connectivity index (χ4v) is 5.64. The quantitative estimate of drug-likeness (QED) is 0.433. The number of aromatic nitrogens is 1. The molecule has 3 rings (SSSR count). The smallest absolute Gasteiger partial charge is 0.306 e. The van der Waals surface area contributed by atoms with Crippen LogP contribution in [0.15, 0.2) is 59.6 Å². The predicted molar refractivity (Wildman–Crippen MR) is 123 cm³/mol. The molecule has 0 saturated heterocycles. The summed E-state index contributed by atoms with van der Waals surface area (Å²) in [5.74, 6) is 0.233. The summed E-state index contributed by atoms with van der Waals surface area (Å²) in [5.41, 5.74) is 0.959. The van der Waals surface area contributed by atoms with Crippen molar-refractivity contribution in [1.29, 1.82) is 0 Å². The van der Waals surface area contributed by atoms with E-state index in [9.17, 15) is 16.8 Å². The minimum Gasteiger partial charge on any atom is -0.493 e. The van der Waals surface area contributed by atoms with Crippen LogP contribution in [0.3, 0.4) is 0 Å². The van der Waals surface area contributed by atoms with E-state index in [1.807, 2.05) is 26.0 Å². The van der Waals surface area contributed by atoms with Crippen LogP contribution in [0.1, 0.15) is 25.8 Å².